The average Bonchev–Trinajstić information content (AvgIpc) is 2.36. The third kappa shape index (κ3) is 4.80. The lowest BCUT2D eigenvalue weighted by Gasteiger charge is -2.03. The molecular weight excluding hydrogens is 272 g/mol. The number of carboxylic acid groups (broad SMARTS) is 1. The van der Waals surface area contributed by atoms with Crippen LogP contribution in [0.15, 0.2) is 24.3 Å². The third-order valence-electron chi connectivity index (χ3n) is 2.50. The van der Waals surface area contributed by atoms with Gasteiger partial charge in [0.05, 0.1) is 23.7 Å². The van der Waals surface area contributed by atoms with E-state index in [2.05, 4.69) is 0 Å². The number of aliphatic hydroxyl groups excluding tert-OH is 1. The minimum absolute atomic E-state index is 0.0597. The second-order valence-corrected chi connectivity index (χ2v) is 6.23. The number of rotatable bonds is 7. The highest BCUT2D eigenvalue weighted by molar-refractivity contribution is 7.91. The van der Waals surface area contributed by atoms with Crippen molar-refractivity contribution in [2.75, 3.05) is 18.1 Å². The van der Waals surface area contributed by atoms with Crippen LogP contribution < -0.4 is 0 Å². The highest BCUT2D eigenvalue weighted by Gasteiger charge is 2.14. The lowest BCUT2D eigenvalue weighted by Crippen LogP contribution is -2.16. The number of hydrogen-bond donors (Lipinski definition) is 2. The zero-order chi connectivity index (χ0) is 14.5. The molecule has 0 aromatic heterocycles. The summed E-state index contributed by atoms with van der Waals surface area (Å²) in [6.07, 6.45) is -0.186. The van der Waals surface area contributed by atoms with Gasteiger partial charge in [0, 0.05) is 12.0 Å². The van der Waals surface area contributed by atoms with Gasteiger partial charge in [0.15, 0.2) is 15.6 Å². The van der Waals surface area contributed by atoms with E-state index in [1.165, 1.54) is 24.3 Å². The van der Waals surface area contributed by atoms with Crippen molar-refractivity contribution < 1.29 is 28.2 Å². The summed E-state index contributed by atoms with van der Waals surface area (Å²) in [5.74, 6) is -2.16. The molecule has 0 unspecified atom stereocenters. The largest absolute Gasteiger partial charge is 0.478 e. The van der Waals surface area contributed by atoms with E-state index in [0.717, 1.165) is 0 Å². The van der Waals surface area contributed by atoms with Crippen LogP contribution in [0, 0.1) is 0 Å². The van der Waals surface area contributed by atoms with Crippen LogP contribution in [-0.4, -0.2) is 48.5 Å². The maximum absolute atomic E-state index is 11.7. The van der Waals surface area contributed by atoms with Gasteiger partial charge in [0.2, 0.25) is 0 Å². The van der Waals surface area contributed by atoms with Crippen molar-refractivity contribution in [3.05, 3.63) is 35.4 Å². The number of benzene rings is 1. The summed E-state index contributed by atoms with van der Waals surface area (Å²) < 4.78 is 22.6. The molecule has 0 bridgehead atoms. The molecule has 0 saturated carbocycles. The zero-order valence-corrected chi connectivity index (χ0v) is 10.9. The third-order valence-corrected chi connectivity index (χ3v) is 4.13. The van der Waals surface area contributed by atoms with E-state index in [-0.39, 0.29) is 34.8 Å². The van der Waals surface area contributed by atoms with Crippen molar-refractivity contribution in [2.24, 2.45) is 0 Å². The van der Waals surface area contributed by atoms with E-state index in [1.54, 1.807) is 0 Å². The zero-order valence-electron chi connectivity index (χ0n) is 10.1. The number of Topliss-reactive ketones (excluding diaryl/α,β-unsaturated/α-hetero) is 1. The Morgan fingerprint density at radius 1 is 1.00 bits per heavy atom. The number of hydrogen-bond acceptors (Lipinski definition) is 5. The number of ketones is 1. The Morgan fingerprint density at radius 2 is 1.53 bits per heavy atom. The van der Waals surface area contributed by atoms with Crippen molar-refractivity contribution in [3.8, 4) is 0 Å². The molecule has 0 aliphatic carbocycles. The van der Waals surface area contributed by atoms with Crippen LogP contribution >= 0.6 is 0 Å². The average molecular weight is 286 g/mol. The van der Waals surface area contributed by atoms with Gasteiger partial charge in [-0.1, -0.05) is 12.1 Å². The van der Waals surface area contributed by atoms with Gasteiger partial charge in [-0.05, 0) is 12.1 Å². The normalized spacial score (nSPS) is 11.2. The van der Waals surface area contributed by atoms with Crippen molar-refractivity contribution in [3.63, 3.8) is 0 Å². The minimum atomic E-state index is -3.42. The molecule has 104 valence electrons. The predicted molar refractivity (Wildman–Crippen MR) is 68.1 cm³/mol. The standard InChI is InChI=1S/C12H14O6S/c13-6-8-19(17,18)7-5-11(14)9-1-3-10(4-2-9)12(15)16/h1-4,13H,5-8H2,(H,15,16). The van der Waals surface area contributed by atoms with Gasteiger partial charge in [0.25, 0.3) is 0 Å². The van der Waals surface area contributed by atoms with Gasteiger partial charge in [-0.3, -0.25) is 4.79 Å². The summed E-state index contributed by atoms with van der Waals surface area (Å²) >= 11 is 0. The first-order chi connectivity index (χ1) is 8.85. The molecule has 7 heteroatoms. The quantitative estimate of drug-likeness (QED) is 0.701. The summed E-state index contributed by atoms with van der Waals surface area (Å²) in [6.45, 7) is -0.468. The van der Waals surface area contributed by atoms with Crippen LogP contribution in [-0.2, 0) is 9.84 Å². The number of carbonyl (C=O) groups excluding carboxylic acids is 1. The fourth-order valence-electron chi connectivity index (χ4n) is 1.43. The molecule has 0 aliphatic rings. The Bertz CT molecular complexity index is 558. The second-order valence-electron chi connectivity index (χ2n) is 3.93. The number of aliphatic hydroxyl groups is 1. The first-order valence-corrected chi connectivity index (χ1v) is 7.36. The smallest absolute Gasteiger partial charge is 0.335 e. The molecule has 6 nitrogen and oxygen atoms in total. The van der Waals surface area contributed by atoms with Gasteiger partial charge in [0.1, 0.15) is 0 Å². The Balaban J connectivity index is 2.66. The number of sulfone groups is 1. The molecule has 1 aromatic carbocycles. The number of carbonyl (C=O) groups is 2. The van der Waals surface area contributed by atoms with E-state index >= 15 is 0 Å². The second kappa shape index (κ2) is 6.44. The van der Waals surface area contributed by atoms with E-state index in [9.17, 15) is 18.0 Å². The molecule has 0 heterocycles. The highest BCUT2D eigenvalue weighted by atomic mass is 32.2. The Hall–Kier alpha value is -1.73. The Kier molecular flexibility index (Phi) is 5.20. The van der Waals surface area contributed by atoms with E-state index in [4.69, 9.17) is 10.2 Å². The summed E-state index contributed by atoms with van der Waals surface area (Å²) in [4.78, 5) is 22.3. The van der Waals surface area contributed by atoms with Gasteiger partial charge >= 0.3 is 5.97 Å². The molecule has 0 fully saturated rings. The molecule has 0 atom stereocenters. The maximum Gasteiger partial charge on any atom is 0.335 e. The summed E-state index contributed by atoms with van der Waals surface area (Å²) in [5.41, 5.74) is 0.327. The topological polar surface area (TPSA) is 109 Å². The fraction of sp³-hybridized carbons (Fsp3) is 0.333. The summed E-state index contributed by atoms with van der Waals surface area (Å²) in [6, 6.07) is 5.28. The van der Waals surface area contributed by atoms with E-state index in [1.807, 2.05) is 0 Å². The van der Waals surface area contributed by atoms with Crippen molar-refractivity contribution in [1.82, 2.24) is 0 Å². The lowest BCUT2D eigenvalue weighted by molar-refractivity contribution is 0.0696. The molecule has 2 N–H and O–H groups in total. The van der Waals surface area contributed by atoms with Crippen molar-refractivity contribution in [1.29, 1.82) is 0 Å². The molecule has 0 amide bonds. The van der Waals surface area contributed by atoms with Crippen molar-refractivity contribution >= 4 is 21.6 Å². The first-order valence-electron chi connectivity index (χ1n) is 5.53. The Morgan fingerprint density at radius 3 is 2.00 bits per heavy atom. The molecule has 0 radical (unpaired) electrons. The Labute approximate surface area is 110 Å². The molecule has 0 spiro atoms. The molecule has 1 aromatic rings. The van der Waals surface area contributed by atoms with Gasteiger partial charge in [-0.2, -0.15) is 0 Å². The monoisotopic (exact) mass is 286 g/mol. The summed E-state index contributed by atoms with van der Waals surface area (Å²) in [5, 5.41) is 17.2. The maximum atomic E-state index is 11.7. The molecule has 0 saturated heterocycles. The van der Waals surface area contributed by atoms with Crippen LogP contribution in [0.5, 0.6) is 0 Å². The molecular formula is C12H14O6S. The van der Waals surface area contributed by atoms with E-state index in [0.29, 0.717) is 0 Å². The van der Waals surface area contributed by atoms with Crippen LogP contribution in [0.4, 0.5) is 0 Å². The fourth-order valence-corrected chi connectivity index (χ4v) is 2.41. The van der Waals surface area contributed by atoms with Gasteiger partial charge < -0.3 is 10.2 Å². The van der Waals surface area contributed by atoms with Gasteiger partial charge in [-0.15, -0.1) is 0 Å². The van der Waals surface area contributed by atoms with E-state index < -0.39 is 22.4 Å². The SMILES string of the molecule is O=C(O)c1ccc(C(=O)CCS(=O)(=O)CCO)cc1. The first kappa shape index (κ1) is 15.3. The minimum Gasteiger partial charge on any atom is -0.478 e. The molecule has 1 rings (SSSR count). The molecule has 0 aliphatic heterocycles. The number of aromatic carboxylic acids is 1. The predicted octanol–water partition coefficient (Wildman–Crippen LogP) is 0.365. The van der Waals surface area contributed by atoms with Crippen LogP contribution in [0.3, 0.4) is 0 Å². The van der Waals surface area contributed by atoms with Crippen LogP contribution in [0.25, 0.3) is 0 Å². The van der Waals surface area contributed by atoms with Crippen LogP contribution in [0.1, 0.15) is 27.1 Å². The summed E-state index contributed by atoms with van der Waals surface area (Å²) in [7, 11) is -3.42. The van der Waals surface area contributed by atoms with Gasteiger partial charge in [-0.25, -0.2) is 13.2 Å². The lowest BCUT2D eigenvalue weighted by atomic mass is 10.1. The van der Waals surface area contributed by atoms with Crippen LogP contribution in [0.2, 0.25) is 0 Å². The highest BCUT2D eigenvalue weighted by Crippen LogP contribution is 2.08. The van der Waals surface area contributed by atoms with Crippen molar-refractivity contribution in [2.45, 2.75) is 6.42 Å². The molecule has 19 heavy (non-hydrogen) atoms. The number of carboxylic acids is 1.